The number of hydrogen-bond donors (Lipinski definition) is 3. The molecular weight excluding hydrogens is 424 g/mol. The smallest absolute Gasteiger partial charge is 0.275 e. The van der Waals surface area contributed by atoms with Crippen LogP contribution < -0.4 is 21.3 Å². The van der Waals surface area contributed by atoms with E-state index in [2.05, 4.69) is 30.6 Å². The second kappa shape index (κ2) is 9.75. The van der Waals surface area contributed by atoms with Crippen molar-refractivity contribution in [1.29, 1.82) is 0 Å². The van der Waals surface area contributed by atoms with Gasteiger partial charge in [0, 0.05) is 43.1 Å². The summed E-state index contributed by atoms with van der Waals surface area (Å²) < 4.78 is 1.67. The van der Waals surface area contributed by atoms with Crippen LogP contribution in [-0.4, -0.2) is 51.8 Å². The van der Waals surface area contributed by atoms with Crippen molar-refractivity contribution in [2.75, 3.05) is 42.1 Å². The lowest BCUT2D eigenvalue weighted by Crippen LogP contribution is -2.43. The number of carbonyl (C=O) groups is 1. The first-order valence-corrected chi connectivity index (χ1v) is 11.5. The highest BCUT2D eigenvalue weighted by molar-refractivity contribution is 7.12. The Morgan fingerprint density at radius 1 is 1.19 bits per heavy atom. The molecule has 0 radical (unpaired) electrons. The predicted octanol–water partition coefficient (Wildman–Crippen LogP) is 3.15. The monoisotopic (exact) mass is 450 g/mol. The number of fused-ring (bicyclic) bond motifs is 1. The van der Waals surface area contributed by atoms with E-state index >= 15 is 0 Å². The molecule has 1 aliphatic heterocycles. The Morgan fingerprint density at radius 3 is 2.78 bits per heavy atom. The Hall–Kier alpha value is -3.50. The lowest BCUT2D eigenvalue weighted by atomic mass is 10.2. The van der Waals surface area contributed by atoms with Crippen LogP contribution in [0.25, 0.3) is 16.0 Å². The molecule has 4 aromatic rings. The van der Waals surface area contributed by atoms with Gasteiger partial charge in [0.25, 0.3) is 5.91 Å². The van der Waals surface area contributed by atoms with Crippen molar-refractivity contribution in [2.24, 2.45) is 0 Å². The highest BCUT2D eigenvalue weighted by atomic mass is 32.1. The largest absolute Gasteiger partial charge is 0.382 e. The van der Waals surface area contributed by atoms with Crippen molar-refractivity contribution < 1.29 is 4.79 Å². The molecule has 4 N–H and O–H groups in total. The Bertz CT molecular complexity index is 1210. The Kier molecular flexibility index (Phi) is 6.62. The van der Waals surface area contributed by atoms with E-state index in [1.165, 1.54) is 11.3 Å². The fourth-order valence-electron chi connectivity index (χ4n) is 3.55. The molecule has 1 amide bonds. The summed E-state index contributed by atoms with van der Waals surface area (Å²) in [5.41, 5.74) is 8.83. The highest BCUT2D eigenvalue weighted by Gasteiger charge is 2.19. The number of hydrogen-bond acceptors (Lipinski definition) is 8. The average molecular weight is 451 g/mol. The quantitative estimate of drug-likeness (QED) is 0.438. The molecule has 32 heavy (non-hydrogen) atoms. The van der Waals surface area contributed by atoms with Crippen molar-refractivity contribution in [3.8, 4) is 5.13 Å². The Morgan fingerprint density at radius 2 is 1.97 bits per heavy atom. The van der Waals surface area contributed by atoms with E-state index in [0.29, 0.717) is 22.3 Å². The van der Waals surface area contributed by atoms with Crippen LogP contribution >= 0.6 is 11.3 Å². The van der Waals surface area contributed by atoms with Gasteiger partial charge >= 0.3 is 0 Å². The number of aromatic nitrogens is 4. The van der Waals surface area contributed by atoms with Crippen LogP contribution in [0.1, 0.15) is 24.3 Å². The fraction of sp³-hybridized carbons (Fsp3) is 0.273. The molecule has 1 aromatic carbocycles. The van der Waals surface area contributed by atoms with Crippen LogP contribution in [0.2, 0.25) is 0 Å². The number of amides is 1. The molecule has 0 bridgehead atoms. The number of rotatable bonds is 4. The number of nitrogens with one attached hydrogen (secondary N) is 2. The van der Waals surface area contributed by atoms with Crippen molar-refractivity contribution in [2.45, 2.75) is 13.8 Å². The molecule has 9 nitrogen and oxygen atoms in total. The van der Waals surface area contributed by atoms with E-state index in [9.17, 15) is 4.79 Å². The number of carbonyl (C=O) groups excluding carboxylic acids is 1. The summed E-state index contributed by atoms with van der Waals surface area (Å²) >= 11 is 1.34. The third-order valence-corrected chi connectivity index (χ3v) is 5.84. The normalized spacial score (nSPS) is 13.5. The van der Waals surface area contributed by atoms with Crippen LogP contribution in [0.5, 0.6) is 0 Å². The SMILES string of the molecule is CC.Nc1nn(-c2nc(C(=O)Nc3cnccc3N3CCNCC3)cs2)c2ccccc12. The van der Waals surface area contributed by atoms with Gasteiger partial charge in [-0.25, -0.2) is 9.67 Å². The summed E-state index contributed by atoms with van der Waals surface area (Å²) in [7, 11) is 0. The molecule has 0 aliphatic carbocycles. The van der Waals surface area contributed by atoms with E-state index in [-0.39, 0.29) is 5.91 Å². The second-order valence-electron chi connectivity index (χ2n) is 6.91. The number of para-hydroxylation sites is 1. The topological polar surface area (TPSA) is 114 Å². The lowest BCUT2D eigenvalue weighted by Gasteiger charge is -2.30. The molecule has 1 fully saturated rings. The summed E-state index contributed by atoms with van der Waals surface area (Å²) in [5, 5.41) is 13.8. The molecule has 0 spiro atoms. The van der Waals surface area contributed by atoms with Crippen LogP contribution in [0, 0.1) is 0 Å². The van der Waals surface area contributed by atoms with Gasteiger partial charge in [0.15, 0.2) is 5.82 Å². The number of pyridine rings is 1. The highest BCUT2D eigenvalue weighted by Crippen LogP contribution is 2.27. The maximum atomic E-state index is 12.9. The Balaban J connectivity index is 0.00000119. The van der Waals surface area contributed by atoms with Crippen LogP contribution in [0.3, 0.4) is 0 Å². The average Bonchev–Trinajstić information content (AvgIpc) is 3.47. The molecule has 10 heteroatoms. The number of nitrogens with two attached hydrogens (primary N) is 1. The minimum Gasteiger partial charge on any atom is -0.382 e. The third-order valence-electron chi connectivity index (χ3n) is 5.03. The number of anilines is 3. The summed E-state index contributed by atoms with van der Waals surface area (Å²) in [5.74, 6) is 0.147. The number of nitrogens with zero attached hydrogens (tertiary/aromatic N) is 5. The standard InChI is InChI=1S/C20H20N8OS.C2H6/c21-18-13-3-1-2-4-16(13)28(26-18)20-25-15(12-30-20)19(29)24-14-11-23-6-5-17(14)27-9-7-22-8-10-27;1-2/h1-6,11-12,22H,7-10H2,(H2,21,26)(H,24,29);1-2H3. The second-order valence-corrected chi connectivity index (χ2v) is 7.75. The molecule has 0 atom stereocenters. The van der Waals surface area contributed by atoms with Gasteiger partial charge in [-0.15, -0.1) is 16.4 Å². The van der Waals surface area contributed by atoms with Crippen molar-refractivity contribution in [1.82, 2.24) is 25.1 Å². The molecule has 4 heterocycles. The zero-order valence-corrected chi connectivity index (χ0v) is 18.9. The van der Waals surface area contributed by atoms with E-state index in [1.807, 2.05) is 44.2 Å². The first kappa shape index (κ1) is 21.7. The van der Waals surface area contributed by atoms with Gasteiger partial charge in [-0.2, -0.15) is 0 Å². The molecular formula is C22H26N8OS. The van der Waals surface area contributed by atoms with Crippen molar-refractivity contribution in [3.63, 3.8) is 0 Å². The minimum atomic E-state index is -0.286. The molecule has 0 unspecified atom stereocenters. The zero-order valence-electron chi connectivity index (χ0n) is 18.1. The Labute approximate surface area is 190 Å². The summed E-state index contributed by atoms with van der Waals surface area (Å²) in [6, 6.07) is 9.59. The molecule has 166 valence electrons. The molecule has 1 aliphatic rings. The number of benzene rings is 1. The third kappa shape index (κ3) is 4.27. The number of thiazole rings is 1. The summed E-state index contributed by atoms with van der Waals surface area (Å²) in [4.78, 5) is 23.8. The van der Waals surface area contributed by atoms with Crippen LogP contribution in [-0.2, 0) is 0 Å². The van der Waals surface area contributed by atoms with Gasteiger partial charge in [0.1, 0.15) is 5.69 Å². The minimum absolute atomic E-state index is 0.286. The maximum absolute atomic E-state index is 12.9. The lowest BCUT2D eigenvalue weighted by molar-refractivity contribution is 0.102. The molecule has 3 aromatic heterocycles. The van der Waals surface area contributed by atoms with Crippen molar-refractivity contribution in [3.05, 3.63) is 53.8 Å². The van der Waals surface area contributed by atoms with Gasteiger partial charge in [0.05, 0.1) is 23.1 Å². The van der Waals surface area contributed by atoms with Crippen LogP contribution in [0.4, 0.5) is 17.2 Å². The first-order valence-electron chi connectivity index (χ1n) is 10.6. The first-order chi connectivity index (χ1) is 15.7. The summed E-state index contributed by atoms with van der Waals surface area (Å²) in [6.07, 6.45) is 3.41. The van der Waals surface area contributed by atoms with E-state index < -0.39 is 0 Å². The van der Waals surface area contributed by atoms with Gasteiger partial charge in [-0.05, 0) is 18.2 Å². The van der Waals surface area contributed by atoms with Gasteiger partial charge < -0.3 is 21.3 Å². The molecule has 1 saturated heterocycles. The van der Waals surface area contributed by atoms with E-state index in [0.717, 1.165) is 42.8 Å². The number of nitrogen functional groups attached to an aromatic ring is 1. The van der Waals surface area contributed by atoms with Gasteiger partial charge in [0.2, 0.25) is 5.13 Å². The summed E-state index contributed by atoms with van der Waals surface area (Å²) in [6.45, 7) is 7.57. The van der Waals surface area contributed by atoms with Gasteiger partial charge in [-0.1, -0.05) is 26.0 Å². The molecule has 5 rings (SSSR count). The van der Waals surface area contributed by atoms with Gasteiger partial charge in [-0.3, -0.25) is 9.78 Å². The van der Waals surface area contributed by atoms with E-state index in [4.69, 9.17) is 5.73 Å². The molecule has 0 saturated carbocycles. The maximum Gasteiger partial charge on any atom is 0.275 e. The van der Waals surface area contributed by atoms with Crippen LogP contribution in [0.15, 0.2) is 48.1 Å². The predicted molar refractivity (Wildman–Crippen MR) is 130 cm³/mol. The number of piperazine rings is 1. The zero-order chi connectivity index (χ0) is 22.5. The van der Waals surface area contributed by atoms with E-state index in [1.54, 1.807) is 22.5 Å². The fourth-order valence-corrected chi connectivity index (χ4v) is 4.32. The van der Waals surface area contributed by atoms with Crippen molar-refractivity contribution >= 4 is 45.3 Å².